The van der Waals surface area contributed by atoms with Gasteiger partial charge in [0.05, 0.1) is 25.4 Å². The van der Waals surface area contributed by atoms with Gasteiger partial charge in [0.15, 0.2) is 0 Å². The lowest BCUT2D eigenvalue weighted by Gasteiger charge is -2.07. The third kappa shape index (κ3) is 16.4. The Hall–Kier alpha value is -1.39. The monoisotopic (exact) mass is 420 g/mol. The van der Waals surface area contributed by atoms with E-state index >= 15 is 0 Å². The van der Waals surface area contributed by atoms with Crippen molar-refractivity contribution in [1.29, 1.82) is 0 Å². The second kappa shape index (κ2) is 20.9. The highest BCUT2D eigenvalue weighted by molar-refractivity contribution is 5.89. The first kappa shape index (κ1) is 26.6. The fraction of sp³-hybridized carbons (Fsp3) is 0.731. The summed E-state index contributed by atoms with van der Waals surface area (Å²) >= 11 is 0. The Morgan fingerprint density at radius 3 is 1.63 bits per heavy atom. The molecule has 1 rings (SSSR count). The van der Waals surface area contributed by atoms with Gasteiger partial charge in [-0.05, 0) is 18.6 Å². The SMILES string of the molecule is CCCCCCCCCCCCCCCOCCOCCOC(=O)c1ccccc1. The molecule has 0 aliphatic rings. The van der Waals surface area contributed by atoms with Crippen molar-refractivity contribution >= 4 is 5.97 Å². The number of hydrogen-bond donors (Lipinski definition) is 0. The molecule has 0 saturated carbocycles. The van der Waals surface area contributed by atoms with E-state index in [9.17, 15) is 4.79 Å². The third-order valence-corrected chi connectivity index (χ3v) is 5.23. The van der Waals surface area contributed by atoms with Crippen molar-refractivity contribution in [3.05, 3.63) is 35.9 Å². The fourth-order valence-electron chi connectivity index (χ4n) is 3.39. The molecule has 4 nitrogen and oxygen atoms in total. The minimum atomic E-state index is -0.308. The minimum absolute atomic E-state index is 0.270. The smallest absolute Gasteiger partial charge is 0.338 e. The molecule has 0 radical (unpaired) electrons. The Kier molecular flexibility index (Phi) is 18.5. The van der Waals surface area contributed by atoms with Crippen LogP contribution in [0.5, 0.6) is 0 Å². The topological polar surface area (TPSA) is 44.8 Å². The van der Waals surface area contributed by atoms with Crippen LogP contribution in [0.3, 0.4) is 0 Å². The van der Waals surface area contributed by atoms with Crippen LogP contribution in [-0.4, -0.2) is 39.0 Å². The Morgan fingerprint density at radius 2 is 1.07 bits per heavy atom. The molecule has 0 amide bonds. The first-order chi connectivity index (χ1) is 14.8. The molecule has 0 aliphatic heterocycles. The first-order valence-electron chi connectivity index (χ1n) is 12.2. The summed E-state index contributed by atoms with van der Waals surface area (Å²) in [6.07, 6.45) is 17.7. The quantitative estimate of drug-likeness (QED) is 0.159. The maximum Gasteiger partial charge on any atom is 0.338 e. The number of esters is 1. The average Bonchev–Trinajstić information content (AvgIpc) is 2.78. The van der Waals surface area contributed by atoms with E-state index in [1.54, 1.807) is 12.1 Å². The minimum Gasteiger partial charge on any atom is -0.460 e. The predicted molar refractivity (Wildman–Crippen MR) is 124 cm³/mol. The van der Waals surface area contributed by atoms with Gasteiger partial charge in [0.25, 0.3) is 0 Å². The van der Waals surface area contributed by atoms with Crippen molar-refractivity contribution in [3.63, 3.8) is 0 Å². The molecule has 0 atom stereocenters. The molecule has 4 heteroatoms. The molecular weight excluding hydrogens is 376 g/mol. The second-order valence-electron chi connectivity index (χ2n) is 7.97. The normalized spacial score (nSPS) is 11.0. The Balaban J connectivity index is 1.71. The zero-order valence-electron chi connectivity index (χ0n) is 19.2. The summed E-state index contributed by atoms with van der Waals surface area (Å²) in [4.78, 5) is 11.7. The maximum absolute atomic E-state index is 11.7. The summed E-state index contributed by atoms with van der Waals surface area (Å²) in [6, 6.07) is 9.00. The van der Waals surface area contributed by atoms with E-state index in [-0.39, 0.29) is 12.6 Å². The molecule has 0 fully saturated rings. The van der Waals surface area contributed by atoms with Gasteiger partial charge < -0.3 is 14.2 Å². The number of rotatable bonds is 21. The molecule has 30 heavy (non-hydrogen) atoms. The van der Waals surface area contributed by atoms with Crippen molar-refractivity contribution in [2.75, 3.05) is 33.0 Å². The van der Waals surface area contributed by atoms with E-state index < -0.39 is 0 Å². The van der Waals surface area contributed by atoms with Gasteiger partial charge in [-0.15, -0.1) is 0 Å². The molecular formula is C26H44O4. The highest BCUT2D eigenvalue weighted by Gasteiger charge is 2.04. The van der Waals surface area contributed by atoms with E-state index in [4.69, 9.17) is 14.2 Å². The number of unbranched alkanes of at least 4 members (excludes halogenated alkanes) is 12. The van der Waals surface area contributed by atoms with Crippen LogP contribution in [0.15, 0.2) is 30.3 Å². The molecule has 172 valence electrons. The molecule has 0 spiro atoms. The average molecular weight is 421 g/mol. The Bertz CT molecular complexity index is 489. The Morgan fingerprint density at radius 1 is 0.600 bits per heavy atom. The van der Waals surface area contributed by atoms with Crippen LogP contribution in [0.25, 0.3) is 0 Å². The summed E-state index contributed by atoms with van der Waals surface area (Å²) in [5.74, 6) is -0.308. The molecule has 0 bridgehead atoms. The fourth-order valence-corrected chi connectivity index (χ4v) is 3.39. The van der Waals surface area contributed by atoms with E-state index in [1.807, 2.05) is 18.2 Å². The van der Waals surface area contributed by atoms with Crippen molar-refractivity contribution in [2.45, 2.75) is 90.4 Å². The van der Waals surface area contributed by atoms with Crippen molar-refractivity contribution in [3.8, 4) is 0 Å². The molecule has 0 unspecified atom stereocenters. The summed E-state index contributed by atoms with van der Waals surface area (Å²) in [7, 11) is 0. The summed E-state index contributed by atoms with van der Waals surface area (Å²) in [5.41, 5.74) is 0.568. The predicted octanol–water partition coefficient (Wildman–Crippen LogP) is 6.97. The van der Waals surface area contributed by atoms with Crippen LogP contribution in [0, 0.1) is 0 Å². The number of benzene rings is 1. The maximum atomic E-state index is 11.7. The van der Waals surface area contributed by atoms with Gasteiger partial charge in [-0.25, -0.2) is 4.79 Å². The molecule has 0 saturated heterocycles. The largest absolute Gasteiger partial charge is 0.460 e. The zero-order chi connectivity index (χ0) is 21.5. The van der Waals surface area contributed by atoms with Crippen LogP contribution in [0.2, 0.25) is 0 Å². The zero-order valence-corrected chi connectivity index (χ0v) is 19.2. The number of hydrogen-bond acceptors (Lipinski definition) is 4. The molecule has 1 aromatic rings. The van der Waals surface area contributed by atoms with Crippen LogP contribution >= 0.6 is 0 Å². The van der Waals surface area contributed by atoms with Crippen LogP contribution < -0.4 is 0 Å². The highest BCUT2D eigenvalue weighted by atomic mass is 16.6. The number of ether oxygens (including phenoxy) is 3. The first-order valence-corrected chi connectivity index (χ1v) is 12.2. The summed E-state index contributed by atoms with van der Waals surface area (Å²) in [6.45, 7) is 4.90. The van der Waals surface area contributed by atoms with Crippen molar-refractivity contribution in [1.82, 2.24) is 0 Å². The molecule has 0 N–H and O–H groups in total. The van der Waals surface area contributed by atoms with Gasteiger partial charge >= 0.3 is 5.97 Å². The third-order valence-electron chi connectivity index (χ3n) is 5.23. The molecule has 0 aromatic heterocycles. The van der Waals surface area contributed by atoms with Gasteiger partial charge in [-0.1, -0.05) is 102 Å². The molecule has 0 aliphatic carbocycles. The molecule has 1 aromatic carbocycles. The number of carbonyl (C=O) groups excluding carboxylic acids is 1. The summed E-state index contributed by atoms with van der Waals surface area (Å²) in [5, 5.41) is 0. The number of carbonyl (C=O) groups is 1. The second-order valence-corrected chi connectivity index (χ2v) is 7.97. The van der Waals surface area contributed by atoms with Crippen LogP contribution in [0.4, 0.5) is 0 Å². The lowest BCUT2D eigenvalue weighted by molar-refractivity contribution is 0.0141. The van der Waals surface area contributed by atoms with Gasteiger partial charge in [-0.3, -0.25) is 0 Å². The lowest BCUT2D eigenvalue weighted by Crippen LogP contribution is -2.13. The Labute approximate surface area is 184 Å². The van der Waals surface area contributed by atoms with Gasteiger partial charge in [0.1, 0.15) is 6.61 Å². The van der Waals surface area contributed by atoms with Gasteiger partial charge in [-0.2, -0.15) is 0 Å². The van der Waals surface area contributed by atoms with Gasteiger partial charge in [0, 0.05) is 6.61 Å². The lowest BCUT2D eigenvalue weighted by atomic mass is 10.0. The van der Waals surface area contributed by atoms with E-state index in [0.717, 1.165) is 13.0 Å². The standard InChI is InChI=1S/C26H44O4/c1-2-3-4-5-6-7-8-9-10-11-12-13-17-20-28-21-22-29-23-24-30-26(27)25-18-15-14-16-19-25/h14-16,18-19H,2-13,17,20-24H2,1H3. The highest BCUT2D eigenvalue weighted by Crippen LogP contribution is 2.12. The van der Waals surface area contributed by atoms with Crippen LogP contribution in [-0.2, 0) is 14.2 Å². The van der Waals surface area contributed by atoms with Crippen LogP contribution in [0.1, 0.15) is 101 Å². The van der Waals surface area contributed by atoms with Crippen molar-refractivity contribution < 1.29 is 19.0 Å². The van der Waals surface area contributed by atoms with E-state index in [2.05, 4.69) is 6.92 Å². The van der Waals surface area contributed by atoms with Gasteiger partial charge in [0.2, 0.25) is 0 Å². The van der Waals surface area contributed by atoms with E-state index in [1.165, 1.54) is 77.0 Å². The summed E-state index contributed by atoms with van der Waals surface area (Å²) < 4.78 is 16.2. The van der Waals surface area contributed by atoms with E-state index in [0.29, 0.717) is 25.4 Å². The molecule has 0 heterocycles. The van der Waals surface area contributed by atoms with Crippen molar-refractivity contribution in [2.24, 2.45) is 0 Å².